The monoisotopic (exact) mass is 351 g/mol. The van der Waals surface area contributed by atoms with Crippen molar-refractivity contribution in [2.45, 2.75) is 24.9 Å². The van der Waals surface area contributed by atoms with Crippen molar-refractivity contribution >= 4 is 5.78 Å². The lowest BCUT2D eigenvalue weighted by Crippen LogP contribution is -2.49. The quantitative estimate of drug-likeness (QED) is 0.442. The van der Waals surface area contributed by atoms with E-state index in [4.69, 9.17) is 0 Å². The van der Waals surface area contributed by atoms with Gasteiger partial charge in [0.15, 0.2) is 11.2 Å². The highest BCUT2D eigenvalue weighted by atomic mass is 19.4. The minimum Gasteiger partial charge on any atom is -0.294 e. The standard InChI is InChI=1S/C18H16F3NO3/c1-13-7-9-15(10-8-13)17(12-22(24)25,18(19,20)21)11-16(23)14-5-3-2-4-6-14/h2-10H,11-12H2,1H3/t17-/m0/s1. The molecule has 0 aromatic heterocycles. The van der Waals surface area contributed by atoms with Crippen LogP contribution in [-0.2, 0) is 5.41 Å². The predicted octanol–water partition coefficient (Wildman–Crippen LogP) is 4.34. The minimum atomic E-state index is -4.96. The van der Waals surface area contributed by atoms with Crippen LogP contribution in [0.15, 0.2) is 54.6 Å². The average molecular weight is 351 g/mol. The Labute approximate surface area is 142 Å². The van der Waals surface area contributed by atoms with Gasteiger partial charge in [0.2, 0.25) is 6.54 Å². The lowest BCUT2D eigenvalue weighted by Gasteiger charge is -2.32. The minimum absolute atomic E-state index is 0.0894. The van der Waals surface area contributed by atoms with Gasteiger partial charge in [0, 0.05) is 16.9 Å². The first kappa shape index (κ1) is 18.6. The summed E-state index contributed by atoms with van der Waals surface area (Å²) in [5.74, 6) is -0.791. The summed E-state index contributed by atoms with van der Waals surface area (Å²) in [6.07, 6.45) is -5.98. The van der Waals surface area contributed by atoms with Crippen molar-refractivity contribution in [2.75, 3.05) is 6.54 Å². The number of alkyl halides is 3. The molecule has 2 rings (SSSR count). The first-order valence-corrected chi connectivity index (χ1v) is 7.50. The van der Waals surface area contributed by atoms with Crippen molar-refractivity contribution in [1.82, 2.24) is 0 Å². The van der Waals surface area contributed by atoms with E-state index in [1.54, 1.807) is 13.0 Å². The molecule has 25 heavy (non-hydrogen) atoms. The molecule has 0 heterocycles. The van der Waals surface area contributed by atoms with E-state index in [0.717, 1.165) is 5.56 Å². The molecule has 2 aromatic carbocycles. The molecule has 1 atom stereocenters. The third-order valence-electron chi connectivity index (χ3n) is 4.10. The van der Waals surface area contributed by atoms with Crippen LogP contribution in [0.2, 0.25) is 0 Å². The molecule has 0 bridgehead atoms. The maximum Gasteiger partial charge on any atom is 0.405 e. The number of carbonyl (C=O) groups is 1. The fourth-order valence-electron chi connectivity index (χ4n) is 2.70. The number of aryl methyl sites for hydroxylation is 1. The molecule has 0 aliphatic carbocycles. The summed E-state index contributed by atoms with van der Waals surface area (Å²) < 4.78 is 41.8. The summed E-state index contributed by atoms with van der Waals surface area (Å²) >= 11 is 0. The van der Waals surface area contributed by atoms with Crippen LogP contribution in [0.1, 0.15) is 27.9 Å². The summed E-state index contributed by atoms with van der Waals surface area (Å²) in [5.41, 5.74) is -2.36. The third-order valence-corrected chi connectivity index (χ3v) is 4.10. The zero-order valence-corrected chi connectivity index (χ0v) is 13.4. The molecular formula is C18H16F3NO3. The highest BCUT2D eigenvalue weighted by Crippen LogP contribution is 2.45. The van der Waals surface area contributed by atoms with Crippen LogP contribution in [0, 0.1) is 17.0 Å². The first-order valence-electron chi connectivity index (χ1n) is 7.50. The molecule has 7 heteroatoms. The molecular weight excluding hydrogens is 335 g/mol. The zero-order chi connectivity index (χ0) is 18.7. The molecule has 0 radical (unpaired) electrons. The molecule has 0 spiro atoms. The smallest absolute Gasteiger partial charge is 0.294 e. The fourth-order valence-corrected chi connectivity index (χ4v) is 2.70. The maximum absolute atomic E-state index is 13.9. The van der Waals surface area contributed by atoms with Crippen molar-refractivity contribution in [1.29, 1.82) is 0 Å². The third kappa shape index (κ3) is 4.04. The number of ketones is 1. The Bertz CT molecular complexity index is 757. The van der Waals surface area contributed by atoms with Gasteiger partial charge in [-0.25, -0.2) is 0 Å². The van der Waals surface area contributed by atoms with Gasteiger partial charge >= 0.3 is 6.18 Å². The van der Waals surface area contributed by atoms with Gasteiger partial charge in [-0.2, -0.15) is 13.2 Å². The molecule has 0 amide bonds. The van der Waals surface area contributed by atoms with E-state index in [1.165, 1.54) is 48.5 Å². The van der Waals surface area contributed by atoms with Gasteiger partial charge in [-0.05, 0) is 12.5 Å². The molecule has 4 nitrogen and oxygen atoms in total. The Hall–Kier alpha value is -2.70. The molecule has 0 aliphatic rings. The molecule has 0 unspecified atom stereocenters. The Morgan fingerprint density at radius 1 is 1.04 bits per heavy atom. The van der Waals surface area contributed by atoms with E-state index in [0.29, 0.717) is 0 Å². The number of hydrogen-bond acceptors (Lipinski definition) is 3. The Morgan fingerprint density at radius 3 is 2.08 bits per heavy atom. The number of rotatable bonds is 6. The van der Waals surface area contributed by atoms with E-state index in [1.807, 2.05) is 0 Å². The van der Waals surface area contributed by atoms with Gasteiger partial charge in [0.1, 0.15) is 0 Å². The van der Waals surface area contributed by atoms with Crippen LogP contribution in [0.4, 0.5) is 13.2 Å². The van der Waals surface area contributed by atoms with Crippen LogP contribution < -0.4 is 0 Å². The molecule has 0 N–H and O–H groups in total. The van der Waals surface area contributed by atoms with Crippen LogP contribution in [0.25, 0.3) is 0 Å². The average Bonchev–Trinajstić information content (AvgIpc) is 2.54. The van der Waals surface area contributed by atoms with Gasteiger partial charge in [-0.1, -0.05) is 60.2 Å². The van der Waals surface area contributed by atoms with Gasteiger partial charge in [-0.3, -0.25) is 14.9 Å². The second-order valence-corrected chi connectivity index (χ2v) is 5.90. The highest BCUT2D eigenvalue weighted by Gasteiger charge is 2.60. The van der Waals surface area contributed by atoms with E-state index < -0.39 is 35.3 Å². The van der Waals surface area contributed by atoms with Gasteiger partial charge in [0.25, 0.3) is 0 Å². The van der Waals surface area contributed by atoms with Crippen molar-refractivity contribution in [3.8, 4) is 0 Å². The van der Waals surface area contributed by atoms with E-state index in [9.17, 15) is 28.1 Å². The Kier molecular flexibility index (Phi) is 5.25. The molecule has 0 fully saturated rings. The van der Waals surface area contributed by atoms with Crippen LogP contribution >= 0.6 is 0 Å². The fraction of sp³-hybridized carbons (Fsp3) is 0.278. The number of benzene rings is 2. The second kappa shape index (κ2) is 7.04. The van der Waals surface area contributed by atoms with E-state index >= 15 is 0 Å². The van der Waals surface area contributed by atoms with Crippen LogP contribution in [-0.4, -0.2) is 23.4 Å². The van der Waals surface area contributed by atoms with Crippen molar-refractivity contribution < 1.29 is 22.9 Å². The number of hydrogen-bond donors (Lipinski definition) is 0. The molecule has 2 aromatic rings. The Morgan fingerprint density at radius 2 is 1.60 bits per heavy atom. The summed E-state index contributed by atoms with van der Waals surface area (Å²) in [6, 6.07) is 12.8. The number of Topliss-reactive ketones (excluding diaryl/α,β-unsaturated/α-hetero) is 1. The molecule has 0 saturated heterocycles. The van der Waals surface area contributed by atoms with Crippen molar-refractivity contribution in [3.05, 3.63) is 81.4 Å². The number of halogens is 3. The number of nitrogens with zero attached hydrogens (tertiary/aromatic N) is 1. The SMILES string of the molecule is Cc1ccc([C@](CC(=O)c2ccccc2)(C[N+](=O)[O-])C(F)(F)F)cc1. The van der Waals surface area contributed by atoms with Crippen LogP contribution in [0.5, 0.6) is 0 Å². The highest BCUT2D eigenvalue weighted by molar-refractivity contribution is 5.97. The lowest BCUT2D eigenvalue weighted by molar-refractivity contribution is -0.501. The summed E-state index contributed by atoms with van der Waals surface area (Å²) in [6.45, 7) is 0.291. The van der Waals surface area contributed by atoms with Gasteiger partial charge in [0.05, 0.1) is 0 Å². The normalized spacial score (nSPS) is 13.9. The molecule has 0 aliphatic heterocycles. The predicted molar refractivity (Wildman–Crippen MR) is 86.2 cm³/mol. The molecule has 0 saturated carbocycles. The summed E-state index contributed by atoms with van der Waals surface area (Å²) in [5, 5.41) is 11.0. The number of carbonyl (C=O) groups excluding carboxylic acids is 1. The zero-order valence-electron chi connectivity index (χ0n) is 13.4. The summed E-state index contributed by atoms with van der Waals surface area (Å²) in [7, 11) is 0. The van der Waals surface area contributed by atoms with Crippen molar-refractivity contribution in [3.63, 3.8) is 0 Å². The second-order valence-electron chi connectivity index (χ2n) is 5.90. The van der Waals surface area contributed by atoms with E-state index in [-0.39, 0.29) is 11.1 Å². The largest absolute Gasteiger partial charge is 0.405 e. The first-order chi connectivity index (χ1) is 11.7. The topological polar surface area (TPSA) is 60.2 Å². The number of nitro groups is 1. The van der Waals surface area contributed by atoms with Gasteiger partial charge < -0.3 is 0 Å². The Balaban J connectivity index is 2.55. The lowest BCUT2D eigenvalue weighted by atomic mass is 9.74. The van der Waals surface area contributed by atoms with Gasteiger partial charge in [-0.15, -0.1) is 0 Å². The van der Waals surface area contributed by atoms with Crippen LogP contribution in [0.3, 0.4) is 0 Å². The molecule has 132 valence electrons. The van der Waals surface area contributed by atoms with E-state index in [2.05, 4.69) is 0 Å². The maximum atomic E-state index is 13.9. The van der Waals surface area contributed by atoms with Crippen molar-refractivity contribution in [2.24, 2.45) is 0 Å². The summed E-state index contributed by atoms with van der Waals surface area (Å²) in [4.78, 5) is 22.4.